The highest BCUT2D eigenvalue weighted by molar-refractivity contribution is 6.79. The Bertz CT molecular complexity index is 260. The Morgan fingerprint density at radius 2 is 1.62 bits per heavy atom. The van der Waals surface area contributed by atoms with Gasteiger partial charge in [0.25, 0.3) is 0 Å². The number of aliphatic hydroxyl groups is 2. The molecular weight excluding hydrogens is 304 g/mol. The van der Waals surface area contributed by atoms with Gasteiger partial charge in [-0.15, -0.1) is 0 Å². The lowest BCUT2D eigenvalue weighted by Crippen LogP contribution is -2.52. The molecule has 0 spiro atoms. The van der Waals surface area contributed by atoms with E-state index in [-0.39, 0.29) is 6.61 Å². The zero-order valence-corrected chi connectivity index (χ0v) is 16.1. The number of aliphatic hydroxyl groups excluding tert-OH is 2. The summed E-state index contributed by atoms with van der Waals surface area (Å²) in [7, 11) is -3.80. The molecule has 21 heavy (non-hydrogen) atoms. The fourth-order valence-corrected chi connectivity index (χ4v) is 9.40. The molecule has 0 aromatic carbocycles. The molecule has 5 nitrogen and oxygen atoms in total. The molecule has 0 saturated heterocycles. The van der Waals surface area contributed by atoms with E-state index < -0.39 is 23.2 Å². The third kappa shape index (κ3) is 10.6. The van der Waals surface area contributed by atoms with E-state index in [1.165, 1.54) is 25.7 Å². The van der Waals surface area contributed by atoms with Gasteiger partial charge in [0.1, 0.15) is 0 Å². The Morgan fingerprint density at radius 3 is 2.10 bits per heavy atom. The first-order valence-electron chi connectivity index (χ1n) is 8.05. The van der Waals surface area contributed by atoms with E-state index in [4.69, 9.17) is 13.6 Å². The van der Waals surface area contributed by atoms with Crippen LogP contribution in [0.15, 0.2) is 0 Å². The van der Waals surface area contributed by atoms with Gasteiger partial charge in [0.05, 0.1) is 12.7 Å². The summed E-state index contributed by atoms with van der Waals surface area (Å²) in [5.74, 6) is 0. The molecule has 2 unspecified atom stereocenters. The first kappa shape index (κ1) is 21.2. The summed E-state index contributed by atoms with van der Waals surface area (Å²) in [5.41, 5.74) is 0. The zero-order chi connectivity index (χ0) is 16.4. The maximum absolute atomic E-state index is 10.1. The second-order valence-electron chi connectivity index (χ2n) is 6.22. The minimum atomic E-state index is -2.73. The number of rotatable bonds is 13. The monoisotopic (exact) mass is 338 g/mol. The van der Waals surface area contributed by atoms with Gasteiger partial charge in [-0.25, -0.2) is 0 Å². The van der Waals surface area contributed by atoms with Crippen molar-refractivity contribution < 1.29 is 23.5 Å². The van der Waals surface area contributed by atoms with Crippen molar-refractivity contribution >= 4 is 17.1 Å². The highest BCUT2D eigenvalue weighted by atomic mass is 28.5. The molecule has 3 N–H and O–H groups in total. The van der Waals surface area contributed by atoms with Crippen molar-refractivity contribution in [3.63, 3.8) is 0 Å². The van der Waals surface area contributed by atoms with Crippen LogP contribution in [-0.4, -0.2) is 52.0 Å². The molecule has 0 rings (SSSR count). The van der Waals surface area contributed by atoms with Gasteiger partial charge >= 0.3 is 17.1 Å². The molecule has 0 amide bonds. The summed E-state index contributed by atoms with van der Waals surface area (Å²) in [6, 6.07) is 1.07. The summed E-state index contributed by atoms with van der Waals surface area (Å²) in [6.07, 6.45) is 6.20. The van der Waals surface area contributed by atoms with Gasteiger partial charge in [-0.05, 0) is 19.1 Å². The molecule has 0 aliphatic rings. The van der Waals surface area contributed by atoms with E-state index in [0.29, 0.717) is 6.04 Å². The first-order valence-corrected chi connectivity index (χ1v) is 13.1. The number of unbranched alkanes of at least 4 members (excludes halogenated alkanes) is 5. The van der Waals surface area contributed by atoms with Crippen LogP contribution in [0, 0.1) is 0 Å². The molecular formula is C14H34O5Si2. The molecule has 0 bridgehead atoms. The SMILES string of the molecule is CCCCCCCC[Si](CC(O)CO)(OC)O[Si](C)(C)O. The van der Waals surface area contributed by atoms with Crippen molar-refractivity contribution in [2.24, 2.45) is 0 Å². The molecule has 0 fully saturated rings. The van der Waals surface area contributed by atoms with Gasteiger partial charge in [0.2, 0.25) is 0 Å². The first-order chi connectivity index (χ1) is 9.78. The second kappa shape index (κ2) is 10.9. The van der Waals surface area contributed by atoms with Crippen LogP contribution in [0.2, 0.25) is 25.2 Å². The van der Waals surface area contributed by atoms with Gasteiger partial charge < -0.3 is 23.5 Å². The Balaban J connectivity index is 4.48. The van der Waals surface area contributed by atoms with Crippen molar-refractivity contribution in [2.75, 3.05) is 13.7 Å². The lowest BCUT2D eigenvalue weighted by Gasteiger charge is -2.35. The standard InChI is InChI=1S/C14H34O5Si2/c1-5-6-7-8-9-10-11-21(18-2,13-14(16)12-15)19-20(3,4)17/h14-17H,5-13H2,1-4H3. The lowest BCUT2D eigenvalue weighted by molar-refractivity contribution is 0.0988. The molecule has 2 atom stereocenters. The second-order valence-corrected chi connectivity index (χ2v) is 13.1. The minimum Gasteiger partial charge on any atom is -0.415 e. The van der Waals surface area contributed by atoms with Gasteiger partial charge in [-0.3, -0.25) is 0 Å². The van der Waals surface area contributed by atoms with Crippen molar-refractivity contribution in [2.45, 2.75) is 76.7 Å². The van der Waals surface area contributed by atoms with Crippen LogP contribution in [0.3, 0.4) is 0 Å². The van der Waals surface area contributed by atoms with Crippen LogP contribution in [0.4, 0.5) is 0 Å². The van der Waals surface area contributed by atoms with E-state index in [2.05, 4.69) is 6.92 Å². The van der Waals surface area contributed by atoms with Crippen LogP contribution in [-0.2, 0) is 8.54 Å². The van der Waals surface area contributed by atoms with Gasteiger partial charge in [-0.2, -0.15) is 0 Å². The van der Waals surface area contributed by atoms with Crippen molar-refractivity contribution in [3.8, 4) is 0 Å². The predicted octanol–water partition coefficient (Wildman–Crippen LogP) is 2.50. The summed E-state index contributed by atoms with van der Waals surface area (Å²) in [6.45, 7) is 5.31. The van der Waals surface area contributed by atoms with E-state index >= 15 is 0 Å². The summed E-state index contributed by atoms with van der Waals surface area (Å²) in [5, 5.41) is 18.8. The smallest absolute Gasteiger partial charge is 0.331 e. The average molecular weight is 339 g/mol. The fraction of sp³-hybridized carbons (Fsp3) is 1.00. The minimum absolute atomic E-state index is 0.300. The Kier molecular flexibility index (Phi) is 11.0. The van der Waals surface area contributed by atoms with Crippen LogP contribution in [0.1, 0.15) is 45.4 Å². The fourth-order valence-electron chi connectivity index (χ4n) is 2.48. The Labute approximate surface area is 131 Å². The average Bonchev–Trinajstić information content (AvgIpc) is 2.40. The predicted molar refractivity (Wildman–Crippen MR) is 89.6 cm³/mol. The van der Waals surface area contributed by atoms with Crippen LogP contribution in [0.25, 0.3) is 0 Å². The molecule has 0 saturated carbocycles. The maximum atomic E-state index is 10.1. The zero-order valence-electron chi connectivity index (χ0n) is 14.1. The Morgan fingerprint density at radius 1 is 1.05 bits per heavy atom. The van der Waals surface area contributed by atoms with E-state index in [9.17, 15) is 9.90 Å². The maximum Gasteiger partial charge on any atom is 0.331 e. The summed E-state index contributed by atoms with van der Waals surface area (Å²) >= 11 is 0. The third-order valence-electron chi connectivity index (χ3n) is 3.48. The number of hydrogen-bond donors (Lipinski definition) is 3. The molecule has 7 heteroatoms. The van der Waals surface area contributed by atoms with Crippen LogP contribution >= 0.6 is 0 Å². The van der Waals surface area contributed by atoms with Gasteiger partial charge in [0.15, 0.2) is 0 Å². The molecule has 0 aromatic heterocycles. The lowest BCUT2D eigenvalue weighted by atomic mass is 10.1. The van der Waals surface area contributed by atoms with Gasteiger partial charge in [-0.1, -0.05) is 45.4 Å². The van der Waals surface area contributed by atoms with Gasteiger partial charge in [0, 0.05) is 13.2 Å². The van der Waals surface area contributed by atoms with Crippen LogP contribution in [0.5, 0.6) is 0 Å². The summed E-state index contributed by atoms with van der Waals surface area (Å²) < 4.78 is 11.5. The Hall–Kier alpha value is 0.234. The number of hydrogen-bond acceptors (Lipinski definition) is 5. The van der Waals surface area contributed by atoms with Crippen molar-refractivity contribution in [3.05, 3.63) is 0 Å². The van der Waals surface area contributed by atoms with E-state index in [1.54, 1.807) is 20.2 Å². The largest absolute Gasteiger partial charge is 0.415 e. The molecule has 0 aromatic rings. The highest BCUT2D eigenvalue weighted by Crippen LogP contribution is 2.27. The molecule has 0 aliphatic carbocycles. The quantitative estimate of drug-likeness (QED) is 0.355. The topological polar surface area (TPSA) is 79.2 Å². The van der Waals surface area contributed by atoms with Crippen molar-refractivity contribution in [1.82, 2.24) is 0 Å². The van der Waals surface area contributed by atoms with E-state index in [1.807, 2.05) is 0 Å². The van der Waals surface area contributed by atoms with Crippen LogP contribution < -0.4 is 0 Å². The molecule has 128 valence electrons. The summed E-state index contributed by atoms with van der Waals surface area (Å²) in [4.78, 5) is 10.1. The molecule has 0 radical (unpaired) electrons. The van der Waals surface area contributed by atoms with Crippen molar-refractivity contribution in [1.29, 1.82) is 0 Å². The molecule has 0 heterocycles. The molecule has 0 aliphatic heterocycles. The third-order valence-corrected chi connectivity index (χ3v) is 9.92. The highest BCUT2D eigenvalue weighted by Gasteiger charge is 2.43. The van der Waals surface area contributed by atoms with E-state index in [0.717, 1.165) is 18.9 Å². The normalized spacial score (nSPS) is 16.7.